The third-order valence-electron chi connectivity index (χ3n) is 13.5. The van der Waals surface area contributed by atoms with Gasteiger partial charge in [-0.25, -0.2) is 4.79 Å². The highest BCUT2D eigenvalue weighted by Crippen LogP contribution is 2.21. The second-order valence-corrected chi connectivity index (χ2v) is 21.4. The van der Waals surface area contributed by atoms with Gasteiger partial charge in [0.05, 0.1) is 79.4 Å². The van der Waals surface area contributed by atoms with Crippen LogP contribution in [0.25, 0.3) is 0 Å². The molecule has 0 saturated heterocycles. The van der Waals surface area contributed by atoms with Crippen LogP contribution in [0.1, 0.15) is 118 Å². The lowest BCUT2D eigenvalue weighted by Crippen LogP contribution is -2.41. The Morgan fingerprint density at radius 3 is 1.58 bits per heavy atom. The van der Waals surface area contributed by atoms with Crippen LogP contribution in [0.2, 0.25) is 0 Å². The number of hydrogen-bond donors (Lipinski definition) is 16. The number of aliphatic hydroxyl groups is 14. The lowest BCUT2D eigenvalue weighted by atomic mass is 9.88. The molecule has 85 heavy (non-hydrogen) atoms. The summed E-state index contributed by atoms with van der Waals surface area (Å²) >= 11 is 0. The molecule has 0 amide bonds. The van der Waals surface area contributed by atoms with Crippen LogP contribution in [0.3, 0.4) is 0 Å². The number of ketones is 1. The highest BCUT2D eigenvalue weighted by molar-refractivity contribution is 5.91. The van der Waals surface area contributed by atoms with E-state index in [1.54, 1.807) is 93.7 Å². The van der Waals surface area contributed by atoms with Crippen LogP contribution in [0.15, 0.2) is 150 Å². The number of rotatable bonds is 47. The second-order valence-electron chi connectivity index (χ2n) is 21.4. The molecular weight excluding hydrogens is 1100 g/mol. The van der Waals surface area contributed by atoms with E-state index < -0.39 is 103 Å². The van der Waals surface area contributed by atoms with Crippen LogP contribution in [-0.2, 0) is 19.1 Å². The fraction of sp³-hybridized carbons (Fsp3) is 0.562. The zero-order valence-corrected chi connectivity index (χ0v) is 49.8. The van der Waals surface area contributed by atoms with Crippen molar-refractivity contribution in [1.82, 2.24) is 0 Å². The lowest BCUT2D eigenvalue weighted by molar-refractivity contribution is -0.148. The van der Waals surface area contributed by atoms with Crippen molar-refractivity contribution in [2.45, 2.75) is 203 Å². The van der Waals surface area contributed by atoms with Gasteiger partial charge in [0.25, 0.3) is 0 Å². The average Bonchev–Trinajstić information content (AvgIpc) is 3.63. The smallest absolute Gasteiger partial charge is 0.341 e. The normalized spacial score (nSPS) is 19.3. The standard InChI is InChI=1S/C64H101N3O18/c1-44(26-19-15-11-10-12-16-20-27-45(2)63(84)85-43-68)61(82)47(4)57(78)34-22-18-14-9-7-5-6-8-13-17-21-33-56(77)46(3)58(79)41-54(75)38-50(71)29-23-28-48(69)36-53(74)37-49(70)30-24-31-52(73)40-59(80)62(83)60(81)42-55(76)39-51(72)32-25-35-67-64(65)66/h5-10,12-14,16-24,26-27,29-30,34,43-44,46-57,59-62,69-78,80-83H,11,15,25,28,31-33,35-42H2,1-4H3,(H4,65,66,67). The minimum absolute atomic E-state index is 0.0311. The van der Waals surface area contributed by atoms with Gasteiger partial charge in [-0.2, -0.15) is 0 Å². The van der Waals surface area contributed by atoms with E-state index in [0.29, 0.717) is 25.0 Å². The Morgan fingerprint density at radius 2 is 0.988 bits per heavy atom. The number of carbonyl (C=O) groups is 3. The Balaban J connectivity index is 4.54. The molecule has 0 aliphatic heterocycles. The van der Waals surface area contributed by atoms with Crippen molar-refractivity contribution in [2.24, 2.45) is 34.2 Å². The van der Waals surface area contributed by atoms with Gasteiger partial charge < -0.3 is 87.7 Å². The number of Topliss-reactive ketones (excluding diaryl/α,β-unsaturated/α-hetero) is 1. The van der Waals surface area contributed by atoms with Crippen LogP contribution < -0.4 is 11.5 Å². The number of aliphatic imine (C=N–C) groups is 1. The number of aliphatic hydroxyl groups excluding tert-OH is 14. The number of unbranched alkanes of at least 4 members (excludes halogenated alkanes) is 1. The van der Waals surface area contributed by atoms with E-state index in [1.165, 1.54) is 24.3 Å². The molecule has 21 nitrogen and oxygen atoms in total. The predicted octanol–water partition coefficient (Wildman–Crippen LogP) is 3.02. The van der Waals surface area contributed by atoms with Gasteiger partial charge in [0.1, 0.15) is 11.9 Å². The SMILES string of the molecule is CC(=CC=CC=CCCC=CC(C)C(O)C(C)C(O)C=CC=CC=CC=CC=CC=CCC(O)C(C)C(=O)CC(O)CC(O)C=CCC(O)CC(O)CC(O)C=CCC(O)CC(O)C(O)C(O)CC(O)CC(O)CCCN=C(N)N)C(=O)OC=O. The van der Waals surface area contributed by atoms with Gasteiger partial charge in [0.15, 0.2) is 5.96 Å². The number of allylic oxidation sites excluding steroid dienone is 16. The van der Waals surface area contributed by atoms with Crippen molar-refractivity contribution in [3.8, 4) is 0 Å². The van der Waals surface area contributed by atoms with Crippen molar-refractivity contribution < 1.29 is 90.6 Å². The number of esters is 1. The van der Waals surface area contributed by atoms with E-state index >= 15 is 0 Å². The molecule has 0 aromatic rings. The van der Waals surface area contributed by atoms with Gasteiger partial charge in [-0.3, -0.25) is 14.6 Å². The first kappa shape index (κ1) is 79.4. The van der Waals surface area contributed by atoms with Gasteiger partial charge in [0.2, 0.25) is 0 Å². The van der Waals surface area contributed by atoms with Crippen LogP contribution in [0, 0.1) is 17.8 Å². The van der Waals surface area contributed by atoms with E-state index in [2.05, 4.69) is 9.73 Å². The second kappa shape index (κ2) is 48.5. The Bertz CT molecular complexity index is 2230. The summed E-state index contributed by atoms with van der Waals surface area (Å²) in [4.78, 5) is 38.2. The molecular formula is C64H101N3O18. The number of nitrogens with two attached hydrogens (primary N) is 2. The predicted molar refractivity (Wildman–Crippen MR) is 328 cm³/mol. The first-order valence-corrected chi connectivity index (χ1v) is 29.0. The molecule has 0 aliphatic rings. The van der Waals surface area contributed by atoms with E-state index in [-0.39, 0.29) is 88.3 Å². The Hall–Kier alpha value is -5.60. The van der Waals surface area contributed by atoms with Crippen LogP contribution in [0.4, 0.5) is 0 Å². The van der Waals surface area contributed by atoms with Crippen molar-refractivity contribution >= 4 is 24.2 Å². The summed E-state index contributed by atoms with van der Waals surface area (Å²) in [7, 11) is 0. The molecule has 0 radical (unpaired) electrons. The van der Waals surface area contributed by atoms with E-state index in [0.717, 1.165) is 12.8 Å². The molecule has 17 unspecified atom stereocenters. The van der Waals surface area contributed by atoms with Crippen molar-refractivity contribution in [3.05, 3.63) is 145 Å². The maximum atomic E-state index is 12.8. The summed E-state index contributed by atoms with van der Waals surface area (Å²) in [5, 5.41) is 145. The molecule has 18 N–H and O–H groups in total. The third kappa shape index (κ3) is 42.0. The summed E-state index contributed by atoms with van der Waals surface area (Å²) in [6, 6.07) is 0. The van der Waals surface area contributed by atoms with Crippen molar-refractivity contribution in [2.75, 3.05) is 6.54 Å². The number of guanidine groups is 1. The average molecular weight is 1200 g/mol. The van der Waals surface area contributed by atoms with Crippen molar-refractivity contribution in [1.29, 1.82) is 0 Å². The minimum atomic E-state index is -1.70. The molecule has 17 atom stereocenters. The number of nitrogens with zero attached hydrogens (tertiary/aromatic N) is 1. The fourth-order valence-electron chi connectivity index (χ4n) is 8.28. The molecule has 21 heteroatoms. The Kier molecular flexibility index (Phi) is 45.3. The van der Waals surface area contributed by atoms with E-state index in [1.807, 2.05) is 49.5 Å². The number of carbonyl (C=O) groups excluding carboxylic acids is 3. The monoisotopic (exact) mass is 1200 g/mol. The maximum absolute atomic E-state index is 12.8. The van der Waals surface area contributed by atoms with Gasteiger partial charge in [-0.15, -0.1) is 0 Å². The summed E-state index contributed by atoms with van der Waals surface area (Å²) in [6.07, 6.45) is 23.9. The zero-order chi connectivity index (χ0) is 64.1. The summed E-state index contributed by atoms with van der Waals surface area (Å²) < 4.78 is 4.26. The summed E-state index contributed by atoms with van der Waals surface area (Å²) in [5.74, 6) is -2.51. The topological polar surface area (TPSA) is 408 Å². The van der Waals surface area contributed by atoms with Crippen molar-refractivity contribution in [3.63, 3.8) is 0 Å². The van der Waals surface area contributed by atoms with Gasteiger partial charge in [-0.1, -0.05) is 161 Å². The highest BCUT2D eigenvalue weighted by atomic mass is 16.6. The quantitative estimate of drug-likeness (QED) is 0.00479. The summed E-state index contributed by atoms with van der Waals surface area (Å²) in [5.41, 5.74) is 10.8. The zero-order valence-electron chi connectivity index (χ0n) is 49.8. The molecule has 0 aliphatic carbocycles. The van der Waals surface area contributed by atoms with Gasteiger partial charge in [-0.05, 0) is 64.7 Å². The van der Waals surface area contributed by atoms with Gasteiger partial charge in [0, 0.05) is 62.0 Å². The number of hydrogen-bond acceptors (Lipinski definition) is 19. The molecule has 0 spiro atoms. The van der Waals surface area contributed by atoms with E-state index in [4.69, 9.17) is 11.5 Å². The summed E-state index contributed by atoms with van der Waals surface area (Å²) in [6.45, 7) is 7.17. The molecule has 0 fully saturated rings. The first-order valence-electron chi connectivity index (χ1n) is 29.0. The Labute approximate surface area is 502 Å². The highest BCUT2D eigenvalue weighted by Gasteiger charge is 2.29. The fourth-order valence-corrected chi connectivity index (χ4v) is 8.28. The van der Waals surface area contributed by atoms with Crippen LogP contribution in [-0.4, -0.2) is 188 Å². The first-order chi connectivity index (χ1) is 40.3. The molecule has 0 heterocycles. The lowest BCUT2D eigenvalue weighted by Gasteiger charge is -2.26. The molecule has 0 saturated carbocycles. The molecule has 0 aromatic carbocycles. The van der Waals surface area contributed by atoms with Gasteiger partial charge >= 0.3 is 12.4 Å². The molecule has 0 aromatic heterocycles. The largest absolute Gasteiger partial charge is 0.393 e. The number of ether oxygens (including phenoxy) is 1. The minimum Gasteiger partial charge on any atom is -0.393 e. The third-order valence-corrected chi connectivity index (χ3v) is 13.5. The van der Waals surface area contributed by atoms with Crippen LogP contribution >= 0.6 is 0 Å². The van der Waals surface area contributed by atoms with E-state index in [9.17, 15) is 85.9 Å². The Morgan fingerprint density at radius 1 is 0.494 bits per heavy atom. The molecule has 0 rings (SSSR count). The molecule has 480 valence electrons. The molecule has 0 bridgehead atoms. The van der Waals surface area contributed by atoms with Crippen LogP contribution in [0.5, 0.6) is 0 Å². The maximum Gasteiger partial charge on any atom is 0.341 e.